The van der Waals surface area contributed by atoms with Crippen LogP contribution in [0.5, 0.6) is 17.2 Å². The number of benzene rings is 2. The maximum absolute atomic E-state index is 12.8. The molecule has 2 heterocycles. The van der Waals surface area contributed by atoms with Crippen molar-refractivity contribution in [3.63, 3.8) is 0 Å². The molecule has 0 bridgehead atoms. The minimum atomic E-state index is -0.754. The summed E-state index contributed by atoms with van der Waals surface area (Å²) in [5.41, 5.74) is 1.96. The molecule has 0 radical (unpaired) electrons. The zero-order chi connectivity index (χ0) is 26.4. The van der Waals surface area contributed by atoms with E-state index in [1.54, 1.807) is 19.1 Å². The number of phenolic OH excluding ortho intramolecular Hbond substituents is 1. The number of aromatic nitrogens is 2. The van der Waals surface area contributed by atoms with Crippen LogP contribution >= 0.6 is 0 Å². The van der Waals surface area contributed by atoms with Gasteiger partial charge in [-0.1, -0.05) is 24.6 Å². The molecular formula is C28H31N3O6. The minimum Gasteiger partial charge on any atom is -0.504 e. The Morgan fingerprint density at radius 1 is 1.14 bits per heavy atom. The second-order valence-corrected chi connectivity index (χ2v) is 8.98. The van der Waals surface area contributed by atoms with Gasteiger partial charge in [0.15, 0.2) is 17.3 Å². The number of fused-ring (bicyclic) bond motifs is 1. The number of methoxy groups -OCH3 is 1. The molecule has 1 atom stereocenters. The van der Waals surface area contributed by atoms with Crippen LogP contribution in [-0.4, -0.2) is 39.7 Å². The summed E-state index contributed by atoms with van der Waals surface area (Å²) in [4.78, 5) is 33.0. The van der Waals surface area contributed by atoms with E-state index in [1.165, 1.54) is 19.2 Å². The van der Waals surface area contributed by atoms with Crippen molar-refractivity contribution in [1.82, 2.24) is 15.3 Å². The Bertz CT molecular complexity index is 1410. The van der Waals surface area contributed by atoms with E-state index in [2.05, 4.69) is 15.3 Å². The number of nitrogens with zero attached hydrogens (tertiary/aromatic N) is 1. The fraction of sp³-hybridized carbons (Fsp3) is 0.321. The normalized spacial score (nSPS) is 11.9. The summed E-state index contributed by atoms with van der Waals surface area (Å²) < 4.78 is 10.9. The van der Waals surface area contributed by atoms with Crippen LogP contribution < -0.4 is 15.5 Å². The van der Waals surface area contributed by atoms with Crippen LogP contribution in [0.15, 0.2) is 57.7 Å². The molecule has 4 rings (SSSR count). The zero-order valence-electron chi connectivity index (χ0n) is 20.9. The second kappa shape index (κ2) is 11.6. The van der Waals surface area contributed by atoms with Gasteiger partial charge in [0.2, 0.25) is 17.1 Å². The molecule has 9 nitrogen and oxygen atoms in total. The Morgan fingerprint density at radius 3 is 2.73 bits per heavy atom. The molecule has 9 heteroatoms. The van der Waals surface area contributed by atoms with Crippen molar-refractivity contribution in [2.75, 3.05) is 13.7 Å². The summed E-state index contributed by atoms with van der Waals surface area (Å²) in [5.74, 6) is -0.128. The van der Waals surface area contributed by atoms with Crippen LogP contribution in [0.3, 0.4) is 0 Å². The number of phenols is 1. The van der Waals surface area contributed by atoms with Gasteiger partial charge in [0.05, 0.1) is 24.1 Å². The predicted molar refractivity (Wildman–Crippen MR) is 139 cm³/mol. The molecule has 0 saturated heterocycles. The number of amides is 1. The number of hydrogen-bond acceptors (Lipinski definition) is 7. The molecule has 2 aromatic heterocycles. The maximum atomic E-state index is 12.8. The van der Waals surface area contributed by atoms with Gasteiger partial charge in [-0.15, -0.1) is 0 Å². The third-order valence-electron chi connectivity index (χ3n) is 6.24. The van der Waals surface area contributed by atoms with Gasteiger partial charge in [0, 0.05) is 25.5 Å². The predicted octanol–water partition coefficient (Wildman–Crippen LogP) is 4.30. The van der Waals surface area contributed by atoms with Crippen molar-refractivity contribution in [3.8, 4) is 17.2 Å². The van der Waals surface area contributed by atoms with Gasteiger partial charge in [-0.3, -0.25) is 9.59 Å². The highest BCUT2D eigenvalue weighted by Crippen LogP contribution is 2.37. The number of carbonyl (C=O) groups excluding carboxylic acids is 1. The van der Waals surface area contributed by atoms with Crippen LogP contribution in [0.2, 0.25) is 0 Å². The Kier molecular flexibility index (Phi) is 8.12. The number of rotatable bonds is 11. The van der Waals surface area contributed by atoms with Crippen molar-refractivity contribution >= 4 is 16.9 Å². The van der Waals surface area contributed by atoms with Crippen LogP contribution in [0.4, 0.5) is 0 Å². The number of aromatic amines is 1. The minimum absolute atomic E-state index is 0.00118. The fourth-order valence-electron chi connectivity index (χ4n) is 4.34. The molecule has 4 N–H and O–H groups in total. The van der Waals surface area contributed by atoms with E-state index in [4.69, 9.17) is 9.15 Å². The molecule has 37 heavy (non-hydrogen) atoms. The quantitative estimate of drug-likeness (QED) is 0.223. The van der Waals surface area contributed by atoms with Crippen LogP contribution in [-0.2, 0) is 11.2 Å². The first kappa shape index (κ1) is 25.8. The summed E-state index contributed by atoms with van der Waals surface area (Å²) in [6.45, 7) is 2.10. The first-order chi connectivity index (χ1) is 17.9. The van der Waals surface area contributed by atoms with Crippen molar-refractivity contribution in [2.45, 2.75) is 44.9 Å². The highest BCUT2D eigenvalue weighted by atomic mass is 16.5. The molecule has 1 amide bonds. The van der Waals surface area contributed by atoms with E-state index in [1.807, 2.05) is 24.3 Å². The largest absolute Gasteiger partial charge is 0.504 e. The van der Waals surface area contributed by atoms with Crippen LogP contribution in [0.25, 0.3) is 11.0 Å². The molecule has 0 saturated carbocycles. The van der Waals surface area contributed by atoms with Gasteiger partial charge in [-0.05, 0) is 49.6 Å². The summed E-state index contributed by atoms with van der Waals surface area (Å²) >= 11 is 0. The summed E-state index contributed by atoms with van der Waals surface area (Å²) in [5, 5.41) is 23.3. The number of unbranched alkanes of at least 4 members (excludes halogenated alkanes) is 2. The fourth-order valence-corrected chi connectivity index (χ4v) is 4.34. The molecule has 0 unspecified atom stereocenters. The smallest absolute Gasteiger partial charge is 0.227 e. The van der Waals surface area contributed by atoms with Crippen molar-refractivity contribution in [2.24, 2.45) is 0 Å². The molecule has 4 aromatic rings. The third-order valence-corrected chi connectivity index (χ3v) is 6.24. The lowest BCUT2D eigenvalue weighted by Gasteiger charge is -2.19. The number of H-pyrrole nitrogens is 1. The van der Waals surface area contributed by atoms with Crippen LogP contribution in [0.1, 0.15) is 54.5 Å². The molecule has 0 fully saturated rings. The Hall–Kier alpha value is -4.27. The molecule has 0 aliphatic carbocycles. The summed E-state index contributed by atoms with van der Waals surface area (Å²) in [7, 11) is 1.42. The number of nitrogens with one attached hydrogen (secondary N) is 2. The van der Waals surface area contributed by atoms with E-state index in [0.717, 1.165) is 42.5 Å². The number of aryl methyl sites for hydroxylation is 2. The van der Waals surface area contributed by atoms with Crippen molar-refractivity contribution < 1.29 is 24.2 Å². The first-order valence-electron chi connectivity index (χ1n) is 12.3. The van der Waals surface area contributed by atoms with Gasteiger partial charge >= 0.3 is 0 Å². The number of carbonyl (C=O) groups is 1. The lowest BCUT2D eigenvalue weighted by Crippen LogP contribution is -2.26. The monoisotopic (exact) mass is 505 g/mol. The number of para-hydroxylation sites is 2. The average molecular weight is 506 g/mol. The van der Waals surface area contributed by atoms with Gasteiger partial charge in [-0.2, -0.15) is 0 Å². The molecule has 0 aliphatic heterocycles. The lowest BCUT2D eigenvalue weighted by atomic mass is 9.91. The van der Waals surface area contributed by atoms with Crippen LogP contribution in [0, 0.1) is 6.92 Å². The van der Waals surface area contributed by atoms with E-state index < -0.39 is 17.1 Å². The van der Waals surface area contributed by atoms with Crippen molar-refractivity contribution in [1.29, 1.82) is 0 Å². The first-order valence-corrected chi connectivity index (χ1v) is 12.3. The summed E-state index contributed by atoms with van der Waals surface area (Å²) in [6.07, 6.45) is 3.43. The molecular weight excluding hydrogens is 474 g/mol. The Morgan fingerprint density at radius 2 is 1.95 bits per heavy atom. The number of imidazole rings is 1. The zero-order valence-corrected chi connectivity index (χ0v) is 20.9. The van der Waals surface area contributed by atoms with Gasteiger partial charge in [0.25, 0.3) is 0 Å². The third kappa shape index (κ3) is 6.30. The molecule has 2 aromatic carbocycles. The standard InChI is InChI=1S/C28H31N3O6/c1-17-14-23(33)27(35)28(37-17)19(18-11-12-22(32)24(15-18)36-2)16-26(34)29-13-7-3-4-10-25-30-20-8-5-6-9-21(20)31-25/h5-6,8-9,11-12,14-15,19,32,35H,3-4,7,10,13,16H2,1-2H3,(H,29,34)(H,30,31)/t19-/m0/s1. The highest BCUT2D eigenvalue weighted by molar-refractivity contribution is 5.77. The topological polar surface area (TPSA) is 138 Å². The summed E-state index contributed by atoms with van der Waals surface area (Å²) in [6, 6.07) is 13.7. The van der Waals surface area contributed by atoms with Gasteiger partial charge < -0.3 is 29.7 Å². The van der Waals surface area contributed by atoms with E-state index in [-0.39, 0.29) is 29.6 Å². The lowest BCUT2D eigenvalue weighted by molar-refractivity contribution is -0.121. The Labute approximate surface area is 214 Å². The molecule has 0 aliphatic rings. The molecule has 0 spiro atoms. The average Bonchev–Trinajstić information content (AvgIpc) is 3.30. The highest BCUT2D eigenvalue weighted by Gasteiger charge is 2.26. The van der Waals surface area contributed by atoms with E-state index in [9.17, 15) is 19.8 Å². The van der Waals surface area contributed by atoms with Gasteiger partial charge in [-0.25, -0.2) is 4.98 Å². The van der Waals surface area contributed by atoms with E-state index >= 15 is 0 Å². The van der Waals surface area contributed by atoms with E-state index in [0.29, 0.717) is 17.9 Å². The number of ether oxygens (including phenoxy) is 1. The number of aromatic hydroxyl groups is 2. The SMILES string of the molecule is COc1cc([C@H](CC(=O)NCCCCCc2nc3ccccc3[nH]2)c2oc(C)cc(=O)c2O)ccc1O. The molecule has 194 valence electrons. The maximum Gasteiger partial charge on any atom is 0.227 e. The Balaban J connectivity index is 1.36. The number of hydrogen-bond donors (Lipinski definition) is 4. The van der Waals surface area contributed by atoms with Crippen molar-refractivity contribution in [3.05, 3.63) is 81.7 Å². The van der Waals surface area contributed by atoms with Gasteiger partial charge in [0.1, 0.15) is 11.6 Å². The second-order valence-electron chi connectivity index (χ2n) is 8.98.